The van der Waals surface area contributed by atoms with Crippen molar-refractivity contribution in [3.63, 3.8) is 0 Å². The third-order valence-corrected chi connectivity index (χ3v) is 5.43. The van der Waals surface area contributed by atoms with Gasteiger partial charge in [0.05, 0.1) is 17.2 Å². The molecule has 1 aliphatic rings. The Bertz CT molecular complexity index is 921. The minimum absolute atomic E-state index is 0.0756. The van der Waals surface area contributed by atoms with Gasteiger partial charge in [-0.3, -0.25) is 9.69 Å². The summed E-state index contributed by atoms with van der Waals surface area (Å²) in [4.78, 5) is 15.0. The first-order valence-corrected chi connectivity index (χ1v) is 9.44. The number of hydrogen-bond donors (Lipinski definition) is 1. The molecule has 2 aromatic rings. The number of benzene rings is 2. The Balaban J connectivity index is 1.92. The second-order valence-corrected chi connectivity index (χ2v) is 7.62. The molecule has 1 fully saturated rings. The van der Waals surface area contributed by atoms with Gasteiger partial charge in [-0.15, -0.1) is 0 Å². The first-order valence-electron chi connectivity index (χ1n) is 8.21. The molecule has 6 heteroatoms. The third kappa shape index (κ3) is 3.61. The van der Waals surface area contributed by atoms with E-state index in [2.05, 4.69) is 0 Å². The second-order valence-electron chi connectivity index (χ2n) is 5.95. The molecule has 0 bridgehead atoms. The quantitative estimate of drug-likeness (QED) is 0.604. The summed E-state index contributed by atoms with van der Waals surface area (Å²) in [5, 5.41) is 9.81. The fraction of sp³-hybridized carbons (Fsp3) is 0.200. The standard InChI is InChI=1S/C20H19NO3S2/c1-4-24-17-10-14(6-8-16(17)22)11-18-19(23)21(20(25)26-18)15-7-5-12(2)13(3)9-15/h5-11,22H,4H2,1-3H3/b18-11+. The van der Waals surface area contributed by atoms with Gasteiger partial charge in [0.2, 0.25) is 0 Å². The molecule has 2 aromatic carbocycles. The van der Waals surface area contributed by atoms with Crippen molar-refractivity contribution in [2.24, 2.45) is 0 Å². The summed E-state index contributed by atoms with van der Waals surface area (Å²) < 4.78 is 5.91. The van der Waals surface area contributed by atoms with Crippen molar-refractivity contribution in [3.8, 4) is 11.5 Å². The molecule has 4 nitrogen and oxygen atoms in total. The Labute approximate surface area is 162 Å². The van der Waals surface area contributed by atoms with Crippen molar-refractivity contribution in [1.29, 1.82) is 0 Å². The topological polar surface area (TPSA) is 49.8 Å². The average Bonchev–Trinajstić information content (AvgIpc) is 2.87. The third-order valence-electron chi connectivity index (χ3n) is 4.12. The van der Waals surface area contributed by atoms with Gasteiger partial charge in [-0.05, 0) is 67.8 Å². The van der Waals surface area contributed by atoms with Gasteiger partial charge >= 0.3 is 0 Å². The number of hydrogen-bond acceptors (Lipinski definition) is 5. The van der Waals surface area contributed by atoms with Crippen LogP contribution in [0.15, 0.2) is 41.3 Å². The Morgan fingerprint density at radius 3 is 2.65 bits per heavy atom. The molecule has 1 N–H and O–H groups in total. The van der Waals surface area contributed by atoms with Gasteiger partial charge in [0, 0.05) is 0 Å². The van der Waals surface area contributed by atoms with Crippen LogP contribution in [0.2, 0.25) is 0 Å². The lowest BCUT2D eigenvalue weighted by molar-refractivity contribution is -0.113. The van der Waals surface area contributed by atoms with Crippen LogP contribution >= 0.6 is 24.0 Å². The van der Waals surface area contributed by atoms with Crippen LogP contribution < -0.4 is 9.64 Å². The Morgan fingerprint density at radius 2 is 1.96 bits per heavy atom. The van der Waals surface area contributed by atoms with Crippen molar-refractivity contribution in [2.45, 2.75) is 20.8 Å². The van der Waals surface area contributed by atoms with E-state index in [1.165, 1.54) is 17.3 Å². The number of nitrogens with zero attached hydrogens (tertiary/aromatic N) is 1. The van der Waals surface area contributed by atoms with E-state index in [4.69, 9.17) is 17.0 Å². The number of rotatable bonds is 4. The summed E-state index contributed by atoms with van der Waals surface area (Å²) in [6.07, 6.45) is 1.77. The molecule has 0 saturated carbocycles. The molecule has 1 amide bonds. The molecule has 0 radical (unpaired) electrons. The molecule has 0 spiro atoms. The molecule has 0 aliphatic carbocycles. The molecule has 0 aromatic heterocycles. The van der Waals surface area contributed by atoms with Crippen LogP contribution in [0.4, 0.5) is 5.69 Å². The maximum atomic E-state index is 12.9. The summed E-state index contributed by atoms with van der Waals surface area (Å²) >= 11 is 6.69. The van der Waals surface area contributed by atoms with Crippen molar-refractivity contribution in [1.82, 2.24) is 0 Å². The van der Waals surface area contributed by atoms with Crippen LogP contribution in [0.1, 0.15) is 23.6 Å². The number of carbonyl (C=O) groups is 1. The zero-order chi connectivity index (χ0) is 18.8. The van der Waals surface area contributed by atoms with Crippen LogP contribution in [0.25, 0.3) is 6.08 Å². The van der Waals surface area contributed by atoms with Gasteiger partial charge in [0.25, 0.3) is 5.91 Å². The Morgan fingerprint density at radius 1 is 1.19 bits per heavy atom. The lowest BCUT2D eigenvalue weighted by atomic mass is 10.1. The summed E-state index contributed by atoms with van der Waals surface area (Å²) in [5.74, 6) is 0.326. The lowest BCUT2D eigenvalue weighted by Crippen LogP contribution is -2.27. The molecular formula is C20H19NO3S2. The van der Waals surface area contributed by atoms with E-state index in [0.29, 0.717) is 21.6 Å². The Kier molecular flexibility index (Phi) is 5.34. The number of ether oxygens (including phenoxy) is 1. The number of carbonyl (C=O) groups excluding carboxylic acids is 1. The van der Waals surface area contributed by atoms with Gasteiger partial charge in [-0.2, -0.15) is 0 Å². The fourth-order valence-corrected chi connectivity index (χ4v) is 3.90. The largest absolute Gasteiger partial charge is 0.504 e. The summed E-state index contributed by atoms with van der Waals surface area (Å²) in [5.41, 5.74) is 3.83. The number of amides is 1. The van der Waals surface area contributed by atoms with Crippen LogP contribution in [0, 0.1) is 13.8 Å². The first-order chi connectivity index (χ1) is 12.4. The zero-order valence-corrected chi connectivity index (χ0v) is 16.4. The monoisotopic (exact) mass is 385 g/mol. The molecule has 3 rings (SSSR count). The number of thioether (sulfide) groups is 1. The molecule has 134 valence electrons. The molecule has 1 aliphatic heterocycles. The number of thiocarbonyl (C=S) groups is 1. The number of phenols is 1. The number of phenolic OH excluding ortho intramolecular Hbond substituents is 1. The van der Waals surface area contributed by atoms with Crippen molar-refractivity contribution >= 4 is 46.0 Å². The minimum Gasteiger partial charge on any atom is -0.504 e. The second kappa shape index (κ2) is 7.51. The van der Waals surface area contributed by atoms with Crippen molar-refractivity contribution in [2.75, 3.05) is 11.5 Å². The van der Waals surface area contributed by atoms with E-state index in [9.17, 15) is 9.90 Å². The molecule has 1 saturated heterocycles. The smallest absolute Gasteiger partial charge is 0.270 e. The number of aromatic hydroxyl groups is 1. The van der Waals surface area contributed by atoms with Crippen LogP contribution in [0.3, 0.4) is 0 Å². The van der Waals surface area contributed by atoms with E-state index in [1.807, 2.05) is 39.0 Å². The van der Waals surface area contributed by atoms with Gasteiger partial charge in [0.15, 0.2) is 15.8 Å². The number of aryl methyl sites for hydroxylation is 2. The van der Waals surface area contributed by atoms with Crippen LogP contribution in [-0.4, -0.2) is 21.9 Å². The molecule has 1 heterocycles. The summed E-state index contributed by atoms with van der Waals surface area (Å²) in [6, 6.07) is 10.9. The molecule has 26 heavy (non-hydrogen) atoms. The van der Waals surface area contributed by atoms with E-state index in [0.717, 1.165) is 16.8 Å². The predicted octanol–water partition coefficient (Wildman–Crippen LogP) is 4.81. The SMILES string of the molecule is CCOc1cc(/C=C2/SC(=S)N(c3ccc(C)c(C)c3)C2=O)ccc1O. The normalized spacial score (nSPS) is 15.8. The molecular weight excluding hydrogens is 366 g/mol. The minimum atomic E-state index is -0.144. The number of anilines is 1. The lowest BCUT2D eigenvalue weighted by Gasteiger charge is -2.15. The maximum Gasteiger partial charge on any atom is 0.270 e. The van der Waals surface area contributed by atoms with Gasteiger partial charge in [-0.1, -0.05) is 36.1 Å². The van der Waals surface area contributed by atoms with Crippen molar-refractivity contribution < 1.29 is 14.6 Å². The highest BCUT2D eigenvalue weighted by molar-refractivity contribution is 8.27. The highest BCUT2D eigenvalue weighted by atomic mass is 32.2. The molecule has 0 atom stereocenters. The average molecular weight is 386 g/mol. The highest BCUT2D eigenvalue weighted by Gasteiger charge is 2.33. The van der Waals surface area contributed by atoms with E-state index < -0.39 is 0 Å². The van der Waals surface area contributed by atoms with Crippen LogP contribution in [-0.2, 0) is 4.79 Å². The van der Waals surface area contributed by atoms with Gasteiger partial charge < -0.3 is 9.84 Å². The highest BCUT2D eigenvalue weighted by Crippen LogP contribution is 2.37. The van der Waals surface area contributed by atoms with Crippen molar-refractivity contribution in [3.05, 3.63) is 58.0 Å². The Hall–Kier alpha value is -2.31. The maximum absolute atomic E-state index is 12.9. The van der Waals surface area contributed by atoms with Gasteiger partial charge in [-0.25, -0.2) is 0 Å². The van der Waals surface area contributed by atoms with E-state index >= 15 is 0 Å². The van der Waals surface area contributed by atoms with E-state index in [1.54, 1.807) is 29.2 Å². The summed E-state index contributed by atoms with van der Waals surface area (Å²) in [6.45, 7) is 6.34. The van der Waals surface area contributed by atoms with Gasteiger partial charge in [0.1, 0.15) is 0 Å². The van der Waals surface area contributed by atoms with Crippen LogP contribution in [0.5, 0.6) is 11.5 Å². The first kappa shape index (κ1) is 18.5. The predicted molar refractivity (Wildman–Crippen MR) is 111 cm³/mol. The zero-order valence-electron chi connectivity index (χ0n) is 14.8. The fourth-order valence-electron chi connectivity index (χ4n) is 2.60. The molecule has 0 unspecified atom stereocenters. The summed E-state index contributed by atoms with van der Waals surface area (Å²) in [7, 11) is 0. The van der Waals surface area contributed by atoms with E-state index in [-0.39, 0.29) is 11.7 Å².